The molecular weight excluding hydrogens is 285 g/mol. The first-order chi connectivity index (χ1) is 5.46. The van der Waals surface area contributed by atoms with Gasteiger partial charge in [-0.2, -0.15) is 0 Å². The predicted octanol–water partition coefficient (Wildman–Crippen LogP) is 3.64. The van der Waals surface area contributed by atoms with Gasteiger partial charge >= 0.3 is 0 Å². The zero-order chi connectivity index (χ0) is 9.46. The van der Waals surface area contributed by atoms with Crippen molar-refractivity contribution < 1.29 is 0 Å². The van der Waals surface area contributed by atoms with Crippen LogP contribution in [0.3, 0.4) is 0 Å². The van der Waals surface area contributed by atoms with E-state index < -0.39 is 32.3 Å². The molecule has 0 nitrogen and oxygen atoms in total. The van der Waals surface area contributed by atoms with E-state index in [0.29, 0.717) is 0 Å². The Kier molecular flexibility index (Phi) is 4.44. The molecule has 1 aliphatic rings. The zero-order valence-corrected chi connectivity index (χ0v) is 10.3. The fraction of sp³-hybridized carbons (Fsp3) is 1.00. The number of rotatable bonds is 0. The SMILES string of the molecule is ClC1[C@H](Cl)[C@@H](Cl)[C@@H](Cl)[C@H](Cl)[C@@H]1Cl. The van der Waals surface area contributed by atoms with Gasteiger partial charge in [0.1, 0.15) is 0 Å². The Hall–Kier alpha value is 1.74. The van der Waals surface area contributed by atoms with Crippen molar-refractivity contribution in [2.24, 2.45) is 0 Å². The van der Waals surface area contributed by atoms with Gasteiger partial charge in [0.25, 0.3) is 0 Å². The standard InChI is InChI=1S/C6H6Cl6/c7-1-2(8)4(10)6(12)5(11)3(1)9/h1-6H/t1-,2-,3-,4-,5+,6?/m0/s1. The molecule has 0 unspecified atom stereocenters. The molecule has 0 saturated heterocycles. The first kappa shape index (κ1) is 11.8. The largest absolute Gasteiger partial charge is 0.120 e. The average Bonchev–Trinajstić information content (AvgIpc) is 2.08. The minimum atomic E-state index is -0.437. The van der Waals surface area contributed by atoms with E-state index in [1.165, 1.54) is 0 Å². The molecule has 0 radical (unpaired) electrons. The maximum Gasteiger partial charge on any atom is 0.0693 e. The van der Waals surface area contributed by atoms with Crippen LogP contribution in [0, 0.1) is 0 Å². The van der Waals surface area contributed by atoms with Crippen molar-refractivity contribution in [3.8, 4) is 0 Å². The normalized spacial score (nSPS) is 55.5. The maximum atomic E-state index is 5.88. The zero-order valence-electron chi connectivity index (χ0n) is 5.73. The molecule has 12 heavy (non-hydrogen) atoms. The van der Waals surface area contributed by atoms with Crippen molar-refractivity contribution in [3.63, 3.8) is 0 Å². The van der Waals surface area contributed by atoms with Gasteiger partial charge in [-0.3, -0.25) is 0 Å². The molecule has 0 N–H and O–H groups in total. The number of halogens is 6. The lowest BCUT2D eigenvalue weighted by Crippen LogP contribution is -2.52. The molecule has 0 atom stereocenters. The van der Waals surface area contributed by atoms with Crippen LogP contribution in [0.5, 0.6) is 0 Å². The molecule has 0 aliphatic heterocycles. The highest BCUT2D eigenvalue weighted by Gasteiger charge is 2.46. The Labute approximate surface area is 101 Å². The Bertz CT molecular complexity index is 104. The number of hydrogen-bond donors (Lipinski definition) is 0. The van der Waals surface area contributed by atoms with E-state index in [9.17, 15) is 0 Å². The third-order valence-corrected chi connectivity index (χ3v) is 5.86. The molecule has 0 aromatic heterocycles. The molecule has 0 amide bonds. The van der Waals surface area contributed by atoms with E-state index in [0.717, 1.165) is 0 Å². The van der Waals surface area contributed by atoms with Gasteiger partial charge in [0, 0.05) is 0 Å². The van der Waals surface area contributed by atoms with E-state index in [1.54, 1.807) is 0 Å². The summed E-state index contributed by atoms with van der Waals surface area (Å²) >= 11 is 35.3. The van der Waals surface area contributed by atoms with Crippen LogP contribution in [0.1, 0.15) is 0 Å². The fourth-order valence-electron chi connectivity index (χ4n) is 1.05. The lowest BCUT2D eigenvalue weighted by atomic mass is 9.97. The van der Waals surface area contributed by atoms with E-state index in [4.69, 9.17) is 69.6 Å². The van der Waals surface area contributed by atoms with Crippen molar-refractivity contribution in [1.29, 1.82) is 0 Å². The van der Waals surface area contributed by atoms with Crippen molar-refractivity contribution in [2.45, 2.75) is 32.3 Å². The molecule has 0 aromatic rings. The second-order valence-electron chi connectivity index (χ2n) is 2.67. The second kappa shape index (κ2) is 4.51. The van der Waals surface area contributed by atoms with Crippen LogP contribution in [-0.2, 0) is 0 Å². The van der Waals surface area contributed by atoms with Gasteiger partial charge in [-0.15, -0.1) is 69.6 Å². The molecule has 72 valence electrons. The summed E-state index contributed by atoms with van der Waals surface area (Å²) in [6.45, 7) is 0. The molecule has 1 saturated carbocycles. The summed E-state index contributed by atoms with van der Waals surface area (Å²) in [5.74, 6) is 0. The number of alkyl halides is 6. The first-order valence-corrected chi connectivity index (χ1v) is 5.93. The third-order valence-electron chi connectivity index (χ3n) is 1.83. The maximum absolute atomic E-state index is 5.88. The fourth-order valence-corrected chi connectivity index (χ4v) is 3.38. The lowest BCUT2D eigenvalue weighted by Gasteiger charge is -2.37. The van der Waals surface area contributed by atoms with Crippen molar-refractivity contribution in [2.75, 3.05) is 0 Å². The highest BCUT2D eigenvalue weighted by Crippen LogP contribution is 2.39. The molecule has 1 aliphatic carbocycles. The monoisotopic (exact) mass is 288 g/mol. The number of hydrogen-bond acceptors (Lipinski definition) is 0. The molecule has 1 rings (SSSR count). The predicted molar refractivity (Wildman–Crippen MR) is 57.8 cm³/mol. The first-order valence-electron chi connectivity index (χ1n) is 3.31. The van der Waals surface area contributed by atoms with Crippen molar-refractivity contribution in [3.05, 3.63) is 0 Å². The van der Waals surface area contributed by atoms with Gasteiger partial charge in [0.15, 0.2) is 0 Å². The molecule has 0 aromatic carbocycles. The summed E-state index contributed by atoms with van der Waals surface area (Å²) in [6.07, 6.45) is 0. The van der Waals surface area contributed by atoms with Crippen molar-refractivity contribution in [1.82, 2.24) is 0 Å². The van der Waals surface area contributed by atoms with Gasteiger partial charge in [-0.05, 0) is 0 Å². The van der Waals surface area contributed by atoms with Crippen molar-refractivity contribution >= 4 is 69.6 Å². The van der Waals surface area contributed by atoms with Crippen LogP contribution in [0.15, 0.2) is 0 Å². The van der Waals surface area contributed by atoms with Crippen LogP contribution in [0.25, 0.3) is 0 Å². The minimum absolute atomic E-state index is 0.437. The molecule has 0 spiro atoms. The minimum Gasteiger partial charge on any atom is -0.120 e. The Balaban J connectivity index is 2.76. The summed E-state index contributed by atoms with van der Waals surface area (Å²) in [7, 11) is 0. The summed E-state index contributed by atoms with van der Waals surface area (Å²) in [4.78, 5) is 0. The summed E-state index contributed by atoms with van der Waals surface area (Å²) in [5.41, 5.74) is 0. The Morgan fingerprint density at radius 1 is 0.333 bits per heavy atom. The second-order valence-corrected chi connectivity index (χ2v) is 5.69. The quantitative estimate of drug-likeness (QED) is 0.598. The van der Waals surface area contributed by atoms with Gasteiger partial charge in [0.2, 0.25) is 0 Å². The van der Waals surface area contributed by atoms with E-state index in [-0.39, 0.29) is 0 Å². The van der Waals surface area contributed by atoms with E-state index >= 15 is 0 Å². The average molecular weight is 291 g/mol. The lowest BCUT2D eigenvalue weighted by molar-refractivity contribution is 0.544. The Morgan fingerprint density at radius 2 is 0.417 bits per heavy atom. The van der Waals surface area contributed by atoms with Gasteiger partial charge < -0.3 is 0 Å². The van der Waals surface area contributed by atoms with Crippen LogP contribution in [0.4, 0.5) is 0 Å². The van der Waals surface area contributed by atoms with Crippen LogP contribution < -0.4 is 0 Å². The molecule has 6 heteroatoms. The van der Waals surface area contributed by atoms with E-state index in [2.05, 4.69) is 0 Å². The molecule has 1 fully saturated rings. The van der Waals surface area contributed by atoms with Crippen LogP contribution in [0.2, 0.25) is 0 Å². The Morgan fingerprint density at radius 3 is 0.500 bits per heavy atom. The summed E-state index contributed by atoms with van der Waals surface area (Å²) in [5, 5.41) is -2.62. The highest BCUT2D eigenvalue weighted by atomic mass is 35.5. The van der Waals surface area contributed by atoms with Crippen LogP contribution in [-0.4, -0.2) is 32.3 Å². The third kappa shape index (κ3) is 2.04. The van der Waals surface area contributed by atoms with Gasteiger partial charge in [-0.1, -0.05) is 0 Å². The molecule has 0 heterocycles. The van der Waals surface area contributed by atoms with Gasteiger partial charge in [-0.25, -0.2) is 0 Å². The smallest absolute Gasteiger partial charge is 0.0693 e. The molecule has 0 bridgehead atoms. The molecular formula is C6H6Cl6. The summed E-state index contributed by atoms with van der Waals surface area (Å²) < 4.78 is 0. The van der Waals surface area contributed by atoms with Gasteiger partial charge in [0.05, 0.1) is 32.3 Å². The van der Waals surface area contributed by atoms with Crippen LogP contribution >= 0.6 is 69.6 Å². The van der Waals surface area contributed by atoms with E-state index in [1.807, 2.05) is 0 Å². The highest BCUT2D eigenvalue weighted by molar-refractivity contribution is 6.45. The topological polar surface area (TPSA) is 0 Å². The summed E-state index contributed by atoms with van der Waals surface area (Å²) in [6, 6.07) is 0.